The Morgan fingerprint density at radius 2 is 1.32 bits per heavy atom. The number of ether oxygens (including phenoxy) is 2. The molecule has 0 unspecified atom stereocenters. The molecule has 0 saturated heterocycles. The second-order valence-electron chi connectivity index (χ2n) is 5.31. The number of rotatable bonds is 1. The molecule has 0 rings (SSSR count). The van der Waals surface area contributed by atoms with Crippen molar-refractivity contribution in [3.8, 4) is 0 Å². The quantitative estimate of drug-likeness (QED) is 0.262. The average Bonchev–Trinajstić information content (AvgIpc) is 2.15. The Kier molecular flexibility index (Phi) is 15.6. The predicted octanol–water partition coefficient (Wildman–Crippen LogP) is 3.73. The van der Waals surface area contributed by atoms with Gasteiger partial charge in [0.2, 0.25) is 0 Å². The molecule has 0 spiro atoms. The van der Waals surface area contributed by atoms with Gasteiger partial charge in [-0.15, -0.1) is 0 Å². The van der Waals surface area contributed by atoms with Crippen LogP contribution < -0.4 is 0 Å². The Balaban J connectivity index is -0.000000239. The van der Waals surface area contributed by atoms with Crippen molar-refractivity contribution in [1.82, 2.24) is 0 Å². The van der Waals surface area contributed by atoms with Crippen molar-refractivity contribution in [3.05, 3.63) is 6.92 Å². The summed E-state index contributed by atoms with van der Waals surface area (Å²) in [7, 11) is 0. The fraction of sp³-hybridized carbons (Fsp3) is 0.750. The summed E-state index contributed by atoms with van der Waals surface area (Å²) in [5.74, 6) is -0.694. The van der Waals surface area contributed by atoms with Crippen LogP contribution in [0.4, 0.5) is 0 Å². The van der Waals surface area contributed by atoms with Crippen molar-refractivity contribution in [3.63, 3.8) is 0 Å². The summed E-state index contributed by atoms with van der Waals surface area (Å²) in [4.78, 5) is 20.7. The van der Waals surface area contributed by atoms with E-state index in [-0.39, 0.29) is 16.9 Å². The van der Waals surface area contributed by atoms with Crippen LogP contribution in [-0.4, -0.2) is 28.5 Å². The van der Waals surface area contributed by atoms with Crippen LogP contribution in [0, 0.1) is 6.92 Å². The third-order valence-electron chi connectivity index (χ3n) is 0.949. The summed E-state index contributed by atoms with van der Waals surface area (Å²) >= 11 is 7.24. The maximum atomic E-state index is 10.6. The minimum atomic E-state index is -0.475. The second-order valence-corrected chi connectivity index (χ2v) is 5.87. The number of hydrogen-bond donors (Lipinski definition) is 0. The summed E-state index contributed by atoms with van der Waals surface area (Å²) in [6, 6.07) is 0. The van der Waals surface area contributed by atoms with Crippen molar-refractivity contribution in [2.45, 2.75) is 52.7 Å². The van der Waals surface area contributed by atoms with Crippen LogP contribution >= 0.6 is 29.6 Å². The minimum absolute atomic E-state index is 0.220. The number of esters is 2. The molecule has 4 nitrogen and oxygen atoms in total. The zero-order chi connectivity index (χ0) is 16.3. The van der Waals surface area contributed by atoms with Crippen LogP contribution in [0.3, 0.4) is 0 Å². The van der Waals surface area contributed by atoms with Gasteiger partial charge in [0.1, 0.15) is 16.5 Å². The molecule has 110 valence electrons. The summed E-state index contributed by atoms with van der Waals surface area (Å²) in [5.41, 5.74) is -0.746. The third-order valence-corrected chi connectivity index (χ3v) is 1.41. The molecule has 0 aromatic rings. The van der Waals surface area contributed by atoms with E-state index in [2.05, 4.69) is 41.2 Å². The van der Waals surface area contributed by atoms with Crippen molar-refractivity contribution in [1.29, 1.82) is 0 Å². The van der Waals surface area contributed by atoms with Crippen molar-refractivity contribution < 1.29 is 35.4 Å². The molecule has 0 bridgehead atoms. The van der Waals surface area contributed by atoms with Gasteiger partial charge in [0, 0.05) is 0 Å². The molecule has 0 aliphatic heterocycles. The van der Waals surface area contributed by atoms with Crippen LogP contribution in [-0.2, 0) is 35.4 Å². The molecule has 0 N–H and O–H groups in total. The van der Waals surface area contributed by atoms with Crippen molar-refractivity contribution >= 4 is 41.5 Å². The summed E-state index contributed by atoms with van der Waals surface area (Å²) in [5, 5.41) is 0.268. The Morgan fingerprint density at radius 3 is 1.37 bits per heavy atom. The van der Waals surface area contributed by atoms with E-state index in [1.54, 1.807) is 20.8 Å². The van der Waals surface area contributed by atoms with E-state index in [9.17, 15) is 9.59 Å². The van der Waals surface area contributed by atoms with Gasteiger partial charge in [0.05, 0.1) is 0 Å². The number of halogens is 2. The standard InChI is InChI=1S/C6H11BrO2.C6H11O2.BrH.Zn/c1-6(2,3)9-5(8)4-7;1-5(7)8-6(2,3)4;;/h4H2,1-3H3;1H2,2-4H3;1H;/q;-1;;+2/p-1. The zero-order valence-electron chi connectivity index (χ0n) is 12.5. The first-order chi connectivity index (χ1) is 8.37. The molecule has 0 fully saturated rings. The Morgan fingerprint density at radius 1 is 1.00 bits per heavy atom. The van der Waals surface area contributed by atoms with Crippen LogP contribution in [0.1, 0.15) is 41.5 Å². The zero-order valence-corrected chi connectivity index (χ0v) is 18.6. The maximum absolute atomic E-state index is 10.6. The first-order valence-corrected chi connectivity index (χ1v) is 13.5. The van der Waals surface area contributed by atoms with E-state index < -0.39 is 11.6 Å². The normalized spacial score (nSPS) is 10.2. The third kappa shape index (κ3) is 32.2. The van der Waals surface area contributed by atoms with Gasteiger partial charge in [0.15, 0.2) is 5.97 Å². The first kappa shape index (κ1) is 24.4. The molecular formula is C12H22Br2O4Zn. The van der Waals surface area contributed by atoms with Crippen molar-refractivity contribution in [2.24, 2.45) is 0 Å². The van der Waals surface area contributed by atoms with Crippen LogP contribution in [0.25, 0.3) is 0 Å². The Bertz CT molecular complexity index is 257. The molecule has 0 aliphatic carbocycles. The molecule has 0 aliphatic rings. The van der Waals surface area contributed by atoms with E-state index in [1.807, 2.05) is 20.8 Å². The fourth-order valence-electron chi connectivity index (χ4n) is 0.710. The van der Waals surface area contributed by atoms with Gasteiger partial charge in [-0.3, -0.25) is 16.5 Å². The van der Waals surface area contributed by atoms with Gasteiger partial charge in [-0.05, 0) is 41.5 Å². The fourth-order valence-corrected chi connectivity index (χ4v) is 0.825. The van der Waals surface area contributed by atoms with Gasteiger partial charge in [-0.25, -0.2) is 0 Å². The van der Waals surface area contributed by atoms with Gasteiger partial charge < -0.3 is 9.47 Å². The second kappa shape index (κ2) is 12.2. The molecule has 0 amide bonds. The van der Waals surface area contributed by atoms with E-state index in [0.717, 1.165) is 0 Å². The molecular weight excluding hydrogens is 433 g/mol. The summed E-state index contributed by atoms with van der Waals surface area (Å²) in [6.45, 7) is 14.0. The summed E-state index contributed by atoms with van der Waals surface area (Å²) in [6.07, 6.45) is 0. The molecule has 19 heavy (non-hydrogen) atoms. The number of carbonyl (C=O) groups is 2. The number of hydrogen-bond acceptors (Lipinski definition) is 4. The SMILES string of the molecule is CC(C)(C)OC(=O)CBr.[CH2-]C(=O)OC(C)(C)C.[Zn+][Br]. The number of carbonyl (C=O) groups excluding carboxylic acids is 2. The molecule has 0 aromatic carbocycles. The Hall–Kier alpha value is 0.393. The number of alkyl halides is 1. The van der Waals surface area contributed by atoms with Crippen LogP contribution in [0.2, 0.25) is 0 Å². The van der Waals surface area contributed by atoms with Crippen LogP contribution in [0.15, 0.2) is 0 Å². The van der Waals surface area contributed by atoms with E-state index in [4.69, 9.17) is 4.74 Å². The summed E-state index contributed by atoms with van der Waals surface area (Å²) < 4.78 is 9.59. The van der Waals surface area contributed by atoms with Gasteiger partial charge in [-0.1, -0.05) is 15.9 Å². The van der Waals surface area contributed by atoms with Crippen molar-refractivity contribution in [2.75, 3.05) is 5.33 Å². The molecule has 7 heteroatoms. The van der Waals surface area contributed by atoms with Gasteiger partial charge in [-0.2, -0.15) is 0 Å². The van der Waals surface area contributed by atoms with Gasteiger partial charge >= 0.3 is 35.9 Å². The molecule has 0 saturated carbocycles. The van der Waals surface area contributed by atoms with Gasteiger partial charge in [0.25, 0.3) is 0 Å². The average molecular weight is 456 g/mol. The topological polar surface area (TPSA) is 52.6 Å². The van der Waals surface area contributed by atoms with E-state index in [0.29, 0.717) is 0 Å². The molecule has 0 atom stereocenters. The van der Waals surface area contributed by atoms with Crippen LogP contribution in [0.5, 0.6) is 0 Å². The first-order valence-electron chi connectivity index (χ1n) is 5.47. The molecule has 0 radical (unpaired) electrons. The molecule has 0 heterocycles. The Labute approximate surface area is 141 Å². The van der Waals surface area contributed by atoms with E-state index in [1.165, 1.54) is 16.3 Å². The predicted molar refractivity (Wildman–Crippen MR) is 79.8 cm³/mol. The molecule has 0 aromatic heterocycles. The van der Waals surface area contributed by atoms with E-state index >= 15 is 0 Å². The monoisotopic (exact) mass is 452 g/mol.